The highest BCUT2D eigenvalue weighted by Crippen LogP contribution is 2.36. The fraction of sp³-hybridized carbons (Fsp3) is 0.409. The number of rotatable bonds is 4. The van der Waals surface area contributed by atoms with Crippen LogP contribution in [0.25, 0.3) is 11.1 Å². The number of methoxy groups -OCH3 is 1. The van der Waals surface area contributed by atoms with Crippen LogP contribution < -0.4 is 15.4 Å². The van der Waals surface area contributed by atoms with Crippen LogP contribution >= 0.6 is 0 Å². The lowest BCUT2D eigenvalue weighted by Gasteiger charge is -2.23. The number of hydrogen-bond acceptors (Lipinski definition) is 4. The summed E-state index contributed by atoms with van der Waals surface area (Å²) in [4.78, 5) is 11.8. The smallest absolute Gasteiger partial charge is 0.407 e. The van der Waals surface area contributed by atoms with Crippen LogP contribution in [-0.4, -0.2) is 25.3 Å². The second kappa shape index (κ2) is 8.01. The highest BCUT2D eigenvalue weighted by molar-refractivity contribution is 5.76. The topological polar surface area (TPSA) is 59.6 Å². The van der Waals surface area contributed by atoms with Crippen LogP contribution in [0.4, 0.5) is 4.79 Å². The van der Waals surface area contributed by atoms with E-state index in [2.05, 4.69) is 28.8 Å². The van der Waals surface area contributed by atoms with Crippen LogP contribution in [0.1, 0.15) is 37.5 Å². The van der Waals surface area contributed by atoms with Gasteiger partial charge >= 0.3 is 6.09 Å². The number of amides is 1. The van der Waals surface area contributed by atoms with Crippen LogP contribution in [0.3, 0.4) is 0 Å². The minimum Gasteiger partial charge on any atom is -0.496 e. The maximum absolute atomic E-state index is 11.8. The summed E-state index contributed by atoms with van der Waals surface area (Å²) in [6.07, 6.45) is 0.585. The molecule has 1 heterocycles. The van der Waals surface area contributed by atoms with E-state index in [9.17, 15) is 4.79 Å². The number of carbonyl (C=O) groups is 1. The summed E-state index contributed by atoms with van der Waals surface area (Å²) in [5.74, 6) is 0.898. The maximum atomic E-state index is 11.8. The van der Waals surface area contributed by atoms with Gasteiger partial charge in [-0.1, -0.05) is 30.3 Å². The zero-order valence-electron chi connectivity index (χ0n) is 16.5. The van der Waals surface area contributed by atoms with E-state index < -0.39 is 11.7 Å². The third-order valence-corrected chi connectivity index (χ3v) is 4.54. The van der Waals surface area contributed by atoms with Crippen molar-refractivity contribution >= 4 is 6.09 Å². The Morgan fingerprint density at radius 2 is 1.89 bits per heavy atom. The molecule has 0 fully saturated rings. The zero-order valence-corrected chi connectivity index (χ0v) is 16.5. The van der Waals surface area contributed by atoms with Gasteiger partial charge in [0.15, 0.2) is 0 Å². The van der Waals surface area contributed by atoms with E-state index in [1.807, 2.05) is 39.0 Å². The average Bonchev–Trinajstić information content (AvgIpc) is 2.64. The quantitative estimate of drug-likeness (QED) is 0.855. The van der Waals surface area contributed by atoms with Crippen molar-refractivity contribution in [1.29, 1.82) is 0 Å². The van der Waals surface area contributed by atoms with Gasteiger partial charge < -0.3 is 20.1 Å². The number of hydrogen-bond donors (Lipinski definition) is 2. The monoisotopic (exact) mass is 368 g/mol. The number of benzene rings is 2. The second-order valence-electron chi connectivity index (χ2n) is 7.76. The minimum absolute atomic E-state index is 0.405. The Hall–Kier alpha value is -2.53. The van der Waals surface area contributed by atoms with Crippen molar-refractivity contribution in [2.24, 2.45) is 0 Å². The van der Waals surface area contributed by atoms with Crippen molar-refractivity contribution in [1.82, 2.24) is 10.6 Å². The summed E-state index contributed by atoms with van der Waals surface area (Å²) in [5, 5.41) is 6.21. The molecule has 5 nitrogen and oxygen atoms in total. The molecule has 3 rings (SSSR count). The van der Waals surface area contributed by atoms with Crippen LogP contribution in [0.2, 0.25) is 0 Å². The molecule has 2 N–H and O–H groups in total. The molecule has 0 unspecified atom stereocenters. The molecule has 1 aliphatic rings. The lowest BCUT2D eigenvalue weighted by atomic mass is 9.90. The Kier molecular flexibility index (Phi) is 5.71. The molecular weight excluding hydrogens is 340 g/mol. The molecule has 0 radical (unpaired) electrons. The van der Waals surface area contributed by atoms with Crippen molar-refractivity contribution in [2.75, 3.05) is 13.7 Å². The van der Waals surface area contributed by atoms with Gasteiger partial charge in [-0.2, -0.15) is 0 Å². The van der Waals surface area contributed by atoms with Gasteiger partial charge in [-0.05, 0) is 62.1 Å². The third-order valence-electron chi connectivity index (χ3n) is 4.54. The lowest BCUT2D eigenvalue weighted by molar-refractivity contribution is 0.0523. The average molecular weight is 368 g/mol. The molecule has 2 aromatic carbocycles. The van der Waals surface area contributed by atoms with E-state index in [-0.39, 0.29) is 0 Å². The second-order valence-corrected chi connectivity index (χ2v) is 7.76. The van der Waals surface area contributed by atoms with E-state index in [0.717, 1.165) is 36.4 Å². The fourth-order valence-electron chi connectivity index (χ4n) is 3.32. The minimum atomic E-state index is -0.494. The van der Waals surface area contributed by atoms with Crippen LogP contribution in [0, 0.1) is 0 Å². The molecule has 0 saturated carbocycles. The number of fused-ring (bicyclic) bond motifs is 1. The molecule has 1 aliphatic heterocycles. The first kappa shape index (κ1) is 19.2. The molecule has 0 atom stereocenters. The maximum Gasteiger partial charge on any atom is 0.407 e. The van der Waals surface area contributed by atoms with Gasteiger partial charge in [0.2, 0.25) is 0 Å². The Morgan fingerprint density at radius 1 is 1.15 bits per heavy atom. The van der Waals surface area contributed by atoms with Gasteiger partial charge in [-0.25, -0.2) is 4.79 Å². The molecule has 2 aromatic rings. The zero-order chi connectivity index (χ0) is 19.4. The molecular formula is C22H28N2O3. The molecule has 0 saturated heterocycles. The summed E-state index contributed by atoms with van der Waals surface area (Å²) in [7, 11) is 1.71. The number of nitrogens with one attached hydrogen (secondary N) is 2. The van der Waals surface area contributed by atoms with Crippen molar-refractivity contribution in [2.45, 2.75) is 45.9 Å². The van der Waals surface area contributed by atoms with E-state index >= 15 is 0 Å². The molecule has 27 heavy (non-hydrogen) atoms. The Balaban J connectivity index is 1.77. The number of alkyl carbamates (subject to hydrolysis) is 1. The first-order valence-corrected chi connectivity index (χ1v) is 9.33. The van der Waals surface area contributed by atoms with Crippen LogP contribution in [0.15, 0.2) is 36.4 Å². The van der Waals surface area contributed by atoms with Gasteiger partial charge in [0.1, 0.15) is 11.4 Å². The first-order valence-electron chi connectivity index (χ1n) is 9.33. The van der Waals surface area contributed by atoms with Crippen molar-refractivity contribution in [3.8, 4) is 16.9 Å². The SMILES string of the molecule is COc1ccc2c(c1-c1ccc(CNC(=O)OC(C)(C)C)cc1)CCNC2. The van der Waals surface area contributed by atoms with Crippen molar-refractivity contribution in [3.05, 3.63) is 53.1 Å². The highest BCUT2D eigenvalue weighted by Gasteiger charge is 2.18. The fourth-order valence-corrected chi connectivity index (χ4v) is 3.32. The van der Waals surface area contributed by atoms with Gasteiger partial charge in [-0.3, -0.25) is 0 Å². The third kappa shape index (κ3) is 4.80. The molecule has 0 bridgehead atoms. The number of carbonyl (C=O) groups excluding carboxylic acids is 1. The van der Waals surface area contributed by atoms with E-state index in [0.29, 0.717) is 6.54 Å². The summed E-state index contributed by atoms with van der Waals surface area (Å²) in [6, 6.07) is 12.4. The van der Waals surface area contributed by atoms with Crippen molar-refractivity contribution < 1.29 is 14.3 Å². The predicted octanol–water partition coefficient (Wildman–Crippen LogP) is 4.03. The van der Waals surface area contributed by atoms with Crippen molar-refractivity contribution in [3.63, 3.8) is 0 Å². The summed E-state index contributed by atoms with van der Waals surface area (Å²) >= 11 is 0. The molecule has 5 heteroatoms. The van der Waals surface area contributed by atoms with Gasteiger partial charge in [0, 0.05) is 18.7 Å². The van der Waals surface area contributed by atoms with E-state index in [1.54, 1.807) is 7.11 Å². The molecule has 1 amide bonds. The Labute approximate surface area is 161 Å². The first-order chi connectivity index (χ1) is 12.9. The molecule has 0 aliphatic carbocycles. The Morgan fingerprint density at radius 3 is 2.56 bits per heavy atom. The molecule has 144 valence electrons. The largest absolute Gasteiger partial charge is 0.496 e. The van der Waals surface area contributed by atoms with Gasteiger partial charge in [-0.15, -0.1) is 0 Å². The normalized spacial score (nSPS) is 13.6. The lowest BCUT2D eigenvalue weighted by Crippen LogP contribution is -2.32. The summed E-state index contributed by atoms with van der Waals surface area (Å²) < 4.78 is 10.9. The summed E-state index contributed by atoms with van der Waals surface area (Å²) in [5.41, 5.74) is 5.51. The van der Waals surface area contributed by atoms with E-state index in [1.165, 1.54) is 16.7 Å². The predicted molar refractivity (Wildman–Crippen MR) is 107 cm³/mol. The molecule has 0 aromatic heterocycles. The number of ether oxygens (including phenoxy) is 2. The highest BCUT2D eigenvalue weighted by atomic mass is 16.6. The van der Waals surface area contributed by atoms with Gasteiger partial charge in [0.05, 0.1) is 7.11 Å². The Bertz CT molecular complexity index is 808. The van der Waals surface area contributed by atoms with Crippen LogP contribution in [-0.2, 0) is 24.2 Å². The molecule has 0 spiro atoms. The van der Waals surface area contributed by atoms with E-state index in [4.69, 9.17) is 9.47 Å². The summed E-state index contributed by atoms with van der Waals surface area (Å²) in [6.45, 7) is 7.86. The standard InChI is InChI=1S/C22H28N2O3/c1-22(2,3)27-21(25)24-13-15-5-7-16(8-6-15)20-18-11-12-23-14-17(18)9-10-19(20)26-4/h5-10,23H,11-14H2,1-4H3,(H,24,25). The van der Waals surface area contributed by atoms with Crippen LogP contribution in [0.5, 0.6) is 5.75 Å². The van der Waals surface area contributed by atoms with Gasteiger partial charge in [0.25, 0.3) is 0 Å².